The molecule has 3 unspecified atom stereocenters. The highest BCUT2D eigenvalue weighted by Crippen LogP contribution is 2.39. The van der Waals surface area contributed by atoms with Crippen molar-refractivity contribution >= 4 is 10.8 Å². The van der Waals surface area contributed by atoms with Crippen molar-refractivity contribution < 1.29 is 4.21 Å². The Labute approximate surface area is 132 Å². The number of rotatable bonds is 5. The summed E-state index contributed by atoms with van der Waals surface area (Å²) in [5, 5.41) is 3.91. The van der Waals surface area contributed by atoms with Gasteiger partial charge >= 0.3 is 0 Å². The lowest BCUT2D eigenvalue weighted by Crippen LogP contribution is -2.54. The average molecular weight is 308 g/mol. The van der Waals surface area contributed by atoms with Crippen LogP contribution < -0.4 is 5.32 Å². The summed E-state index contributed by atoms with van der Waals surface area (Å²) in [6, 6.07) is 8.52. The van der Waals surface area contributed by atoms with Crippen molar-refractivity contribution in [3.05, 3.63) is 29.8 Å². The van der Waals surface area contributed by atoms with E-state index in [0.717, 1.165) is 24.3 Å². The third-order valence-corrected chi connectivity index (χ3v) is 6.41. The minimum absolute atomic E-state index is 0.220. The van der Waals surface area contributed by atoms with Crippen LogP contribution in [0.3, 0.4) is 0 Å². The molecule has 3 atom stereocenters. The second kappa shape index (κ2) is 7.06. The summed E-state index contributed by atoms with van der Waals surface area (Å²) >= 11 is 0. The van der Waals surface area contributed by atoms with Crippen molar-refractivity contribution in [2.75, 3.05) is 6.54 Å². The van der Waals surface area contributed by atoms with Gasteiger partial charge in [-0.1, -0.05) is 39.3 Å². The maximum Gasteiger partial charge on any atom is 0.0576 e. The van der Waals surface area contributed by atoms with E-state index in [1.165, 1.54) is 18.4 Å². The van der Waals surface area contributed by atoms with Crippen LogP contribution in [-0.2, 0) is 10.8 Å². The van der Waals surface area contributed by atoms with Crippen molar-refractivity contribution in [1.82, 2.24) is 5.32 Å². The van der Waals surface area contributed by atoms with Crippen molar-refractivity contribution in [2.24, 2.45) is 5.41 Å². The van der Waals surface area contributed by atoms with E-state index in [1.54, 1.807) is 0 Å². The Morgan fingerprint density at radius 2 is 2.14 bits per heavy atom. The Kier molecular flexibility index (Phi) is 5.61. The number of nitrogens with one attached hydrogen (secondary N) is 1. The molecule has 3 heteroatoms. The van der Waals surface area contributed by atoms with Gasteiger partial charge < -0.3 is 5.32 Å². The SMILES string of the molecule is CCCNC1C(S(=O)c2cccc(C)c2)CCCC1(C)C. The van der Waals surface area contributed by atoms with E-state index in [-0.39, 0.29) is 10.7 Å². The Morgan fingerprint density at radius 1 is 1.38 bits per heavy atom. The number of hydrogen-bond donors (Lipinski definition) is 1. The first kappa shape index (κ1) is 16.7. The molecular weight excluding hydrogens is 278 g/mol. The third-order valence-electron chi connectivity index (χ3n) is 4.63. The van der Waals surface area contributed by atoms with E-state index in [9.17, 15) is 4.21 Å². The fourth-order valence-corrected chi connectivity index (χ4v) is 5.39. The summed E-state index contributed by atoms with van der Waals surface area (Å²) in [7, 11) is -0.923. The molecule has 0 spiro atoms. The lowest BCUT2D eigenvalue weighted by Gasteiger charge is -2.44. The van der Waals surface area contributed by atoms with Gasteiger partial charge in [0.25, 0.3) is 0 Å². The van der Waals surface area contributed by atoms with Crippen molar-refractivity contribution in [3.8, 4) is 0 Å². The van der Waals surface area contributed by atoms with Crippen LogP contribution in [0.25, 0.3) is 0 Å². The van der Waals surface area contributed by atoms with E-state index in [4.69, 9.17) is 0 Å². The predicted octanol–water partition coefficient (Wildman–Crippen LogP) is 4.05. The Morgan fingerprint density at radius 3 is 2.81 bits per heavy atom. The van der Waals surface area contributed by atoms with Gasteiger partial charge in [-0.25, -0.2) is 0 Å². The molecule has 1 aliphatic rings. The van der Waals surface area contributed by atoms with Gasteiger partial charge in [0.15, 0.2) is 0 Å². The van der Waals surface area contributed by atoms with Crippen LogP contribution in [0.2, 0.25) is 0 Å². The quantitative estimate of drug-likeness (QED) is 0.889. The summed E-state index contributed by atoms with van der Waals surface area (Å²) in [6.45, 7) is 9.91. The molecular formula is C18H29NOS. The smallest absolute Gasteiger partial charge is 0.0576 e. The van der Waals surface area contributed by atoms with E-state index < -0.39 is 10.8 Å². The van der Waals surface area contributed by atoms with Crippen molar-refractivity contribution in [3.63, 3.8) is 0 Å². The first-order valence-corrected chi connectivity index (χ1v) is 9.37. The number of benzene rings is 1. The van der Waals surface area contributed by atoms with Crippen LogP contribution >= 0.6 is 0 Å². The van der Waals surface area contributed by atoms with Gasteiger partial charge in [-0.3, -0.25) is 4.21 Å². The molecule has 0 aromatic heterocycles. The molecule has 0 bridgehead atoms. The highest BCUT2D eigenvalue weighted by molar-refractivity contribution is 7.85. The fourth-order valence-electron chi connectivity index (χ4n) is 3.44. The van der Waals surface area contributed by atoms with Gasteiger partial charge in [0.1, 0.15) is 0 Å². The molecule has 0 saturated heterocycles. The normalized spacial score (nSPS) is 26.5. The van der Waals surface area contributed by atoms with E-state index >= 15 is 0 Å². The molecule has 0 aliphatic heterocycles. The minimum Gasteiger partial charge on any atom is -0.312 e. The standard InChI is InChI=1S/C18H29NOS/c1-5-12-19-17-16(10-7-11-18(17,3)4)21(20)15-9-6-8-14(2)13-15/h6,8-9,13,16-17,19H,5,7,10-12H2,1-4H3. The lowest BCUT2D eigenvalue weighted by molar-refractivity contribution is 0.173. The molecule has 1 saturated carbocycles. The zero-order chi connectivity index (χ0) is 15.5. The number of aryl methyl sites for hydroxylation is 1. The molecule has 1 aromatic carbocycles. The summed E-state index contributed by atoms with van der Waals surface area (Å²) in [4.78, 5) is 0.987. The first-order chi connectivity index (χ1) is 9.95. The maximum atomic E-state index is 13.1. The second-order valence-electron chi connectivity index (χ2n) is 6.96. The minimum atomic E-state index is -0.923. The van der Waals surface area contributed by atoms with Crippen LogP contribution in [0.4, 0.5) is 0 Å². The van der Waals surface area contributed by atoms with E-state index in [1.807, 2.05) is 12.1 Å². The van der Waals surface area contributed by atoms with Crippen LogP contribution in [0.15, 0.2) is 29.2 Å². The van der Waals surface area contributed by atoms with E-state index in [2.05, 4.69) is 45.1 Å². The van der Waals surface area contributed by atoms with Crippen LogP contribution in [0, 0.1) is 12.3 Å². The topological polar surface area (TPSA) is 29.1 Å². The molecule has 1 N–H and O–H groups in total. The lowest BCUT2D eigenvalue weighted by atomic mass is 9.73. The van der Waals surface area contributed by atoms with Crippen LogP contribution in [-0.4, -0.2) is 22.0 Å². The van der Waals surface area contributed by atoms with Crippen LogP contribution in [0.5, 0.6) is 0 Å². The van der Waals surface area contributed by atoms with Gasteiger partial charge in [0.05, 0.1) is 16.0 Å². The summed E-state index contributed by atoms with van der Waals surface area (Å²) in [6.07, 6.45) is 4.58. The third kappa shape index (κ3) is 3.95. The van der Waals surface area contributed by atoms with Crippen LogP contribution in [0.1, 0.15) is 52.0 Å². The Balaban J connectivity index is 2.23. The molecule has 2 nitrogen and oxygen atoms in total. The number of hydrogen-bond acceptors (Lipinski definition) is 2. The summed E-state index contributed by atoms with van der Waals surface area (Å²) < 4.78 is 13.1. The molecule has 2 rings (SSSR count). The van der Waals surface area contributed by atoms with Crippen molar-refractivity contribution in [2.45, 2.75) is 69.6 Å². The largest absolute Gasteiger partial charge is 0.312 e. The van der Waals surface area contributed by atoms with Gasteiger partial charge in [-0.15, -0.1) is 0 Å². The second-order valence-corrected chi connectivity index (χ2v) is 8.64. The van der Waals surface area contributed by atoms with E-state index in [0.29, 0.717) is 6.04 Å². The molecule has 0 radical (unpaired) electrons. The fraction of sp³-hybridized carbons (Fsp3) is 0.667. The monoisotopic (exact) mass is 307 g/mol. The van der Waals surface area contributed by atoms with Crippen molar-refractivity contribution in [1.29, 1.82) is 0 Å². The van der Waals surface area contributed by atoms with Gasteiger partial charge in [-0.05, 0) is 55.8 Å². The highest BCUT2D eigenvalue weighted by Gasteiger charge is 2.41. The molecule has 21 heavy (non-hydrogen) atoms. The predicted molar refractivity (Wildman–Crippen MR) is 91.1 cm³/mol. The highest BCUT2D eigenvalue weighted by atomic mass is 32.2. The molecule has 1 aromatic rings. The van der Waals surface area contributed by atoms with Gasteiger partial charge in [0.2, 0.25) is 0 Å². The Hall–Kier alpha value is -0.670. The molecule has 1 aliphatic carbocycles. The van der Waals surface area contributed by atoms with Gasteiger partial charge in [0, 0.05) is 10.9 Å². The Bertz CT molecular complexity index is 498. The van der Waals surface area contributed by atoms with Gasteiger partial charge in [-0.2, -0.15) is 0 Å². The molecule has 0 amide bonds. The maximum absolute atomic E-state index is 13.1. The first-order valence-electron chi connectivity index (χ1n) is 8.16. The average Bonchev–Trinajstić information content (AvgIpc) is 2.44. The zero-order valence-electron chi connectivity index (χ0n) is 13.8. The molecule has 1 fully saturated rings. The summed E-state index contributed by atoms with van der Waals surface area (Å²) in [5.74, 6) is 0. The summed E-state index contributed by atoms with van der Waals surface area (Å²) in [5.41, 5.74) is 1.41. The molecule has 118 valence electrons. The zero-order valence-corrected chi connectivity index (χ0v) is 14.6. The molecule has 0 heterocycles.